The van der Waals surface area contributed by atoms with Crippen molar-refractivity contribution >= 4 is 17.0 Å². The summed E-state index contributed by atoms with van der Waals surface area (Å²) in [7, 11) is 3.79. The van der Waals surface area contributed by atoms with Crippen LogP contribution in [0.2, 0.25) is 0 Å². The van der Waals surface area contributed by atoms with Gasteiger partial charge in [0.05, 0.1) is 11.4 Å². The first-order valence-electron chi connectivity index (χ1n) is 10.5. The molecule has 0 unspecified atom stereocenters. The number of nitrogens with zero attached hydrogens (tertiary/aromatic N) is 5. The van der Waals surface area contributed by atoms with E-state index in [0.29, 0.717) is 23.1 Å². The molecule has 0 amide bonds. The molecule has 0 aliphatic rings. The molecule has 0 spiro atoms. The third-order valence-corrected chi connectivity index (χ3v) is 5.50. The van der Waals surface area contributed by atoms with Crippen LogP contribution in [-0.2, 0) is 0 Å². The highest BCUT2D eigenvalue weighted by Crippen LogP contribution is 2.32. The number of aryl methyl sites for hydroxylation is 2. The number of hydrogen-bond donors (Lipinski definition) is 1. The molecule has 9 heteroatoms. The molecule has 3 heterocycles. The summed E-state index contributed by atoms with van der Waals surface area (Å²) in [6.07, 6.45) is 3.10. The maximum atomic E-state index is 12.6. The highest BCUT2D eigenvalue weighted by atomic mass is 19.3. The van der Waals surface area contributed by atoms with Crippen LogP contribution in [0.1, 0.15) is 37.6 Å². The largest absolute Gasteiger partial charge is 0.417 e. The van der Waals surface area contributed by atoms with Crippen molar-refractivity contribution in [3.8, 4) is 17.1 Å². The van der Waals surface area contributed by atoms with E-state index in [4.69, 9.17) is 9.97 Å². The molecule has 0 radical (unpaired) electrons. The maximum Gasteiger partial charge on any atom is 0.388 e. The molecule has 7 nitrogen and oxygen atoms in total. The van der Waals surface area contributed by atoms with Gasteiger partial charge in [0.25, 0.3) is 0 Å². The highest BCUT2D eigenvalue weighted by Gasteiger charge is 2.21. The van der Waals surface area contributed by atoms with Gasteiger partial charge in [0, 0.05) is 37.5 Å². The molecule has 0 fully saturated rings. The molecule has 0 saturated carbocycles. The Morgan fingerprint density at radius 3 is 2.52 bits per heavy atom. The van der Waals surface area contributed by atoms with Crippen LogP contribution in [0.15, 0.2) is 18.3 Å². The number of aromatic nitrogens is 4. The second-order valence-electron chi connectivity index (χ2n) is 7.64. The fourth-order valence-electron chi connectivity index (χ4n) is 3.70. The lowest BCUT2D eigenvalue weighted by molar-refractivity contribution is -0.0527. The van der Waals surface area contributed by atoms with E-state index in [9.17, 15) is 8.78 Å². The number of nitrogens with one attached hydrogen (secondary N) is 1. The topological polar surface area (TPSA) is 68.1 Å². The summed E-state index contributed by atoms with van der Waals surface area (Å²) in [4.78, 5) is 16.2. The summed E-state index contributed by atoms with van der Waals surface area (Å²) in [5.74, 6) is 0.256. The quantitative estimate of drug-likeness (QED) is 0.531. The van der Waals surface area contributed by atoms with Crippen molar-refractivity contribution in [2.75, 3.05) is 32.5 Å². The summed E-state index contributed by atoms with van der Waals surface area (Å²) >= 11 is 0. The molecular weight excluding hydrogens is 402 g/mol. The lowest BCUT2D eigenvalue weighted by atomic mass is 10.1. The van der Waals surface area contributed by atoms with E-state index in [1.54, 1.807) is 13.1 Å². The van der Waals surface area contributed by atoms with Gasteiger partial charge in [0.15, 0.2) is 5.65 Å². The number of likely N-dealkylation sites (N-methyl/N-ethyl adjacent to an activating group) is 1. The molecule has 0 aliphatic heterocycles. The average Bonchev–Trinajstić information content (AvgIpc) is 3.06. The molecule has 0 bridgehead atoms. The van der Waals surface area contributed by atoms with Gasteiger partial charge in [0.1, 0.15) is 11.3 Å². The summed E-state index contributed by atoms with van der Waals surface area (Å²) in [6.45, 7) is 7.23. The van der Waals surface area contributed by atoms with Crippen LogP contribution in [0.5, 0.6) is 5.88 Å². The Bertz CT molecular complexity index is 1050. The van der Waals surface area contributed by atoms with Gasteiger partial charge in [0.2, 0.25) is 5.88 Å². The Balaban J connectivity index is 2.09. The summed E-state index contributed by atoms with van der Waals surface area (Å²) < 4.78 is 31.7. The van der Waals surface area contributed by atoms with Crippen molar-refractivity contribution in [3.05, 3.63) is 29.6 Å². The van der Waals surface area contributed by atoms with Crippen molar-refractivity contribution in [2.45, 2.75) is 46.8 Å². The number of pyridine rings is 1. The van der Waals surface area contributed by atoms with E-state index < -0.39 is 6.61 Å². The van der Waals surface area contributed by atoms with Gasteiger partial charge in [-0.05, 0) is 45.5 Å². The van der Waals surface area contributed by atoms with Gasteiger partial charge in [-0.1, -0.05) is 13.8 Å². The molecule has 0 aromatic carbocycles. The first-order valence-corrected chi connectivity index (χ1v) is 10.5. The van der Waals surface area contributed by atoms with Crippen molar-refractivity contribution < 1.29 is 13.5 Å². The number of anilines is 1. The lowest BCUT2D eigenvalue weighted by Gasteiger charge is -2.24. The van der Waals surface area contributed by atoms with Crippen LogP contribution >= 0.6 is 0 Å². The van der Waals surface area contributed by atoms with Gasteiger partial charge >= 0.3 is 6.61 Å². The van der Waals surface area contributed by atoms with Gasteiger partial charge in [-0.15, -0.1) is 0 Å². The standard InChI is InChI=1S/C22H30F2N6O/c1-7-15(12-29(6)8-2)30-11-13(3)18-21(30)26-14(4)19(28-18)16-9-10-17(31-22(23)24)27-20(16)25-5/h9-11,15,22H,7-8,12H2,1-6H3,(H,25,27)/t15-/m1/s1. The molecule has 0 aliphatic carbocycles. The third kappa shape index (κ3) is 4.76. The third-order valence-electron chi connectivity index (χ3n) is 5.50. The zero-order chi connectivity index (χ0) is 22.7. The molecule has 3 aromatic rings. The molecule has 1 atom stereocenters. The Morgan fingerprint density at radius 2 is 1.90 bits per heavy atom. The monoisotopic (exact) mass is 432 g/mol. The Kier molecular flexibility index (Phi) is 7.04. The van der Waals surface area contributed by atoms with Crippen LogP contribution in [0.25, 0.3) is 22.4 Å². The fourth-order valence-corrected chi connectivity index (χ4v) is 3.70. The maximum absolute atomic E-state index is 12.6. The SMILES string of the molecule is CC[C@H](CN(C)CC)n1cc(C)c2nc(-c3ccc(OC(F)F)nc3NC)c(C)nc21. The number of hydrogen-bond acceptors (Lipinski definition) is 6. The molecule has 1 N–H and O–H groups in total. The zero-order valence-corrected chi connectivity index (χ0v) is 18.9. The Labute approximate surface area is 181 Å². The van der Waals surface area contributed by atoms with Gasteiger partial charge in [-0.25, -0.2) is 9.97 Å². The van der Waals surface area contributed by atoms with E-state index in [1.165, 1.54) is 6.07 Å². The minimum atomic E-state index is -2.93. The van der Waals surface area contributed by atoms with Crippen LogP contribution in [0.3, 0.4) is 0 Å². The zero-order valence-electron chi connectivity index (χ0n) is 18.9. The first-order chi connectivity index (χ1) is 14.8. The lowest BCUT2D eigenvalue weighted by Crippen LogP contribution is -2.27. The van der Waals surface area contributed by atoms with Crippen LogP contribution in [-0.4, -0.2) is 58.2 Å². The van der Waals surface area contributed by atoms with E-state index in [1.807, 2.05) is 13.8 Å². The van der Waals surface area contributed by atoms with E-state index in [2.05, 4.69) is 51.6 Å². The second-order valence-corrected chi connectivity index (χ2v) is 7.64. The molecular formula is C22H30F2N6O. The van der Waals surface area contributed by atoms with Crippen LogP contribution in [0, 0.1) is 13.8 Å². The van der Waals surface area contributed by atoms with Crippen LogP contribution in [0.4, 0.5) is 14.6 Å². The summed E-state index contributed by atoms with van der Waals surface area (Å²) in [6, 6.07) is 3.39. The van der Waals surface area contributed by atoms with E-state index in [-0.39, 0.29) is 5.88 Å². The number of alkyl halides is 2. The van der Waals surface area contributed by atoms with Crippen molar-refractivity contribution in [1.29, 1.82) is 0 Å². The molecule has 3 rings (SSSR count). The Morgan fingerprint density at radius 1 is 1.16 bits per heavy atom. The minimum Gasteiger partial charge on any atom is -0.417 e. The van der Waals surface area contributed by atoms with Gasteiger partial charge in [-0.3, -0.25) is 0 Å². The summed E-state index contributed by atoms with van der Waals surface area (Å²) in [5, 5.41) is 2.94. The highest BCUT2D eigenvalue weighted by molar-refractivity contribution is 5.82. The molecule has 168 valence electrons. The smallest absolute Gasteiger partial charge is 0.388 e. The van der Waals surface area contributed by atoms with Gasteiger partial charge < -0.3 is 19.5 Å². The Hall–Kier alpha value is -2.81. The van der Waals surface area contributed by atoms with E-state index in [0.717, 1.165) is 41.9 Å². The normalized spacial score (nSPS) is 12.7. The fraction of sp³-hybridized carbons (Fsp3) is 0.500. The number of halogens is 2. The van der Waals surface area contributed by atoms with Crippen LogP contribution < -0.4 is 10.1 Å². The molecule has 3 aromatic heterocycles. The first kappa shape index (κ1) is 22.9. The molecule has 31 heavy (non-hydrogen) atoms. The minimum absolute atomic E-state index is 0.150. The van der Waals surface area contributed by atoms with E-state index >= 15 is 0 Å². The predicted octanol–water partition coefficient (Wildman–Crippen LogP) is 4.66. The number of rotatable bonds is 9. The van der Waals surface area contributed by atoms with Crippen molar-refractivity contribution in [1.82, 2.24) is 24.4 Å². The second kappa shape index (κ2) is 9.55. The number of fused-ring (bicyclic) bond motifs is 1. The average molecular weight is 433 g/mol. The number of ether oxygens (including phenoxy) is 1. The van der Waals surface area contributed by atoms with Crippen molar-refractivity contribution in [3.63, 3.8) is 0 Å². The summed E-state index contributed by atoms with van der Waals surface area (Å²) in [5.41, 5.74) is 4.80. The predicted molar refractivity (Wildman–Crippen MR) is 119 cm³/mol. The van der Waals surface area contributed by atoms with Crippen molar-refractivity contribution in [2.24, 2.45) is 0 Å². The van der Waals surface area contributed by atoms with Gasteiger partial charge in [-0.2, -0.15) is 13.8 Å². The molecule has 0 saturated heterocycles.